The smallest absolute Gasteiger partial charge is 0.235 e. The summed E-state index contributed by atoms with van der Waals surface area (Å²) in [4.78, 5) is 13.0. The van der Waals surface area contributed by atoms with Crippen molar-refractivity contribution in [3.63, 3.8) is 0 Å². The average Bonchev–Trinajstić information content (AvgIpc) is 3.26. The number of nitrogens with zero attached hydrogens (tertiary/aromatic N) is 3. The Morgan fingerprint density at radius 2 is 1.93 bits per heavy atom. The quantitative estimate of drug-likeness (QED) is 0.622. The fourth-order valence-electron chi connectivity index (χ4n) is 2.93. The molecule has 8 nitrogen and oxygen atoms in total. The van der Waals surface area contributed by atoms with E-state index in [0.717, 1.165) is 12.0 Å². The third kappa shape index (κ3) is 4.46. The van der Waals surface area contributed by atoms with E-state index in [4.69, 9.17) is 9.47 Å². The van der Waals surface area contributed by atoms with Crippen LogP contribution in [0.25, 0.3) is 0 Å². The fourth-order valence-corrected chi connectivity index (χ4v) is 2.93. The Labute approximate surface area is 163 Å². The molecule has 0 aliphatic carbocycles. The molecule has 0 radical (unpaired) electrons. The zero-order valence-corrected chi connectivity index (χ0v) is 16.1. The Morgan fingerprint density at radius 3 is 2.54 bits per heavy atom. The van der Waals surface area contributed by atoms with E-state index in [9.17, 15) is 4.79 Å². The van der Waals surface area contributed by atoms with E-state index >= 15 is 0 Å². The molecule has 1 unspecified atom stereocenters. The molecule has 0 fully saturated rings. The number of carbonyl (C=O) groups is 1. The Balaban J connectivity index is 1.86. The number of hydrogen-bond acceptors (Lipinski definition) is 6. The van der Waals surface area contributed by atoms with Gasteiger partial charge in [-0.15, -0.1) is 10.2 Å². The summed E-state index contributed by atoms with van der Waals surface area (Å²) in [5, 5.41) is 17.0. The number of rotatable bonds is 8. The normalized spacial score (nSPS) is 11.7. The van der Waals surface area contributed by atoms with Crippen LogP contribution in [0, 0.1) is 0 Å². The van der Waals surface area contributed by atoms with E-state index in [1.807, 2.05) is 36.4 Å². The van der Waals surface area contributed by atoms with Gasteiger partial charge in [-0.3, -0.25) is 4.79 Å². The molecule has 2 N–H and O–H groups in total. The van der Waals surface area contributed by atoms with Crippen molar-refractivity contribution in [3.05, 3.63) is 59.4 Å². The summed E-state index contributed by atoms with van der Waals surface area (Å²) in [6.07, 6.45) is 1.27. The molecule has 1 atom stereocenters. The summed E-state index contributed by atoms with van der Waals surface area (Å²) in [6, 6.07) is 13.2. The highest BCUT2D eigenvalue weighted by atomic mass is 16.5. The van der Waals surface area contributed by atoms with Crippen LogP contribution in [0.4, 0.5) is 5.69 Å². The number of anilines is 1. The van der Waals surface area contributed by atoms with Gasteiger partial charge in [-0.2, -0.15) is 5.21 Å². The first-order valence-electron chi connectivity index (χ1n) is 8.98. The van der Waals surface area contributed by atoms with Crippen LogP contribution < -0.4 is 14.8 Å². The number of H-pyrrole nitrogens is 1. The first-order chi connectivity index (χ1) is 13.6. The van der Waals surface area contributed by atoms with E-state index in [1.54, 1.807) is 20.3 Å². The number of nitrogens with one attached hydrogen (secondary N) is 2. The van der Waals surface area contributed by atoms with Crippen LogP contribution in [0.2, 0.25) is 0 Å². The van der Waals surface area contributed by atoms with E-state index in [2.05, 4.69) is 32.9 Å². The van der Waals surface area contributed by atoms with Crippen molar-refractivity contribution in [2.45, 2.75) is 25.7 Å². The maximum Gasteiger partial charge on any atom is 0.235 e. The average molecular weight is 381 g/mol. The number of carbonyl (C=O) groups excluding carboxylic acids is 1. The van der Waals surface area contributed by atoms with Crippen LogP contribution in [0.3, 0.4) is 0 Å². The van der Waals surface area contributed by atoms with Gasteiger partial charge in [0, 0.05) is 5.69 Å². The van der Waals surface area contributed by atoms with E-state index in [1.165, 1.54) is 5.56 Å². The zero-order chi connectivity index (χ0) is 19.9. The number of aromatic nitrogens is 4. The van der Waals surface area contributed by atoms with Crippen molar-refractivity contribution >= 4 is 11.6 Å². The molecule has 0 bridgehead atoms. The third-order valence-corrected chi connectivity index (χ3v) is 4.53. The Morgan fingerprint density at radius 1 is 1.14 bits per heavy atom. The van der Waals surface area contributed by atoms with Gasteiger partial charge in [0.1, 0.15) is 17.4 Å². The van der Waals surface area contributed by atoms with Crippen molar-refractivity contribution in [2.24, 2.45) is 0 Å². The summed E-state index contributed by atoms with van der Waals surface area (Å²) in [7, 11) is 3.18. The number of tetrazole rings is 1. The molecule has 0 aliphatic rings. The van der Waals surface area contributed by atoms with Crippen LogP contribution in [-0.4, -0.2) is 40.8 Å². The lowest BCUT2D eigenvalue weighted by atomic mass is 9.96. The summed E-state index contributed by atoms with van der Waals surface area (Å²) in [5.74, 6) is 0.779. The van der Waals surface area contributed by atoms with Gasteiger partial charge >= 0.3 is 0 Å². The first kappa shape index (κ1) is 19.3. The van der Waals surface area contributed by atoms with Crippen molar-refractivity contribution in [1.29, 1.82) is 0 Å². The topological polar surface area (TPSA) is 102 Å². The molecule has 0 aliphatic heterocycles. The number of benzene rings is 2. The lowest BCUT2D eigenvalue weighted by Gasteiger charge is -2.16. The van der Waals surface area contributed by atoms with Gasteiger partial charge in [0.15, 0.2) is 5.82 Å². The zero-order valence-electron chi connectivity index (χ0n) is 16.1. The van der Waals surface area contributed by atoms with Crippen molar-refractivity contribution < 1.29 is 14.3 Å². The van der Waals surface area contributed by atoms with Crippen LogP contribution >= 0.6 is 0 Å². The SMILES string of the molecule is CCc1ccc(NC(=O)C(Cc2cc(OC)ccc2OC)c2nn[nH]n2)cc1. The summed E-state index contributed by atoms with van der Waals surface area (Å²) in [5.41, 5.74) is 2.73. The van der Waals surface area contributed by atoms with Gasteiger partial charge in [0.05, 0.1) is 14.2 Å². The molecule has 0 spiro atoms. The van der Waals surface area contributed by atoms with Gasteiger partial charge in [-0.25, -0.2) is 0 Å². The van der Waals surface area contributed by atoms with Gasteiger partial charge in [0.25, 0.3) is 0 Å². The maximum absolute atomic E-state index is 13.0. The Bertz CT molecular complexity index is 910. The Hall–Kier alpha value is -3.42. The lowest BCUT2D eigenvalue weighted by molar-refractivity contribution is -0.117. The molecule has 146 valence electrons. The second kappa shape index (κ2) is 8.98. The lowest BCUT2D eigenvalue weighted by Crippen LogP contribution is -2.24. The van der Waals surface area contributed by atoms with Gasteiger partial charge < -0.3 is 14.8 Å². The predicted molar refractivity (Wildman–Crippen MR) is 105 cm³/mol. The highest BCUT2D eigenvalue weighted by molar-refractivity contribution is 5.95. The number of amides is 1. The molecule has 3 aromatic rings. The van der Waals surface area contributed by atoms with Gasteiger partial charge in [-0.1, -0.05) is 24.3 Å². The van der Waals surface area contributed by atoms with Crippen LogP contribution in [-0.2, 0) is 17.6 Å². The molecule has 28 heavy (non-hydrogen) atoms. The standard InChI is InChI=1S/C20H23N5O3/c1-4-13-5-7-15(8-6-13)21-20(26)17(19-22-24-25-23-19)12-14-11-16(27-2)9-10-18(14)28-3/h5-11,17H,4,12H2,1-3H3,(H,21,26)(H,22,23,24,25). The number of hydrogen-bond donors (Lipinski definition) is 2. The van der Waals surface area contributed by atoms with Crippen molar-refractivity contribution in [3.8, 4) is 11.5 Å². The number of aryl methyl sites for hydroxylation is 1. The molecule has 8 heteroatoms. The highest BCUT2D eigenvalue weighted by Gasteiger charge is 2.27. The molecule has 2 aromatic carbocycles. The molecule has 1 amide bonds. The minimum atomic E-state index is -0.648. The minimum absolute atomic E-state index is 0.226. The molecular weight excluding hydrogens is 358 g/mol. The van der Waals surface area contributed by atoms with Crippen molar-refractivity contribution in [2.75, 3.05) is 19.5 Å². The fraction of sp³-hybridized carbons (Fsp3) is 0.300. The summed E-state index contributed by atoms with van der Waals surface area (Å²) < 4.78 is 10.7. The summed E-state index contributed by atoms with van der Waals surface area (Å²) in [6.45, 7) is 2.08. The van der Waals surface area contributed by atoms with Crippen molar-refractivity contribution in [1.82, 2.24) is 20.6 Å². The first-order valence-corrected chi connectivity index (χ1v) is 8.98. The second-order valence-electron chi connectivity index (χ2n) is 6.24. The minimum Gasteiger partial charge on any atom is -0.497 e. The molecular formula is C20H23N5O3. The molecule has 1 aromatic heterocycles. The Kier molecular flexibility index (Phi) is 6.21. The van der Waals surface area contributed by atoms with E-state index in [0.29, 0.717) is 29.4 Å². The number of ether oxygens (including phenoxy) is 2. The van der Waals surface area contributed by atoms with Gasteiger partial charge in [0.2, 0.25) is 5.91 Å². The maximum atomic E-state index is 13.0. The summed E-state index contributed by atoms with van der Waals surface area (Å²) >= 11 is 0. The number of aromatic amines is 1. The second-order valence-corrected chi connectivity index (χ2v) is 6.24. The van der Waals surface area contributed by atoms with Crippen LogP contribution in [0.15, 0.2) is 42.5 Å². The van der Waals surface area contributed by atoms with Crippen LogP contribution in [0.1, 0.15) is 29.8 Å². The molecule has 0 saturated heterocycles. The van der Waals surface area contributed by atoms with Crippen LogP contribution in [0.5, 0.6) is 11.5 Å². The number of methoxy groups -OCH3 is 2. The highest BCUT2D eigenvalue weighted by Crippen LogP contribution is 2.29. The largest absolute Gasteiger partial charge is 0.497 e. The molecule has 0 saturated carbocycles. The van der Waals surface area contributed by atoms with E-state index in [-0.39, 0.29) is 5.91 Å². The monoisotopic (exact) mass is 381 g/mol. The predicted octanol–water partition coefficient (Wildman–Crippen LogP) is 2.74. The van der Waals surface area contributed by atoms with E-state index < -0.39 is 5.92 Å². The third-order valence-electron chi connectivity index (χ3n) is 4.53. The molecule has 1 heterocycles. The molecule has 3 rings (SSSR count). The van der Waals surface area contributed by atoms with Gasteiger partial charge in [-0.05, 0) is 54.3 Å².